The maximum atomic E-state index is 12.2. The molecule has 0 spiro atoms. The zero-order chi connectivity index (χ0) is 15.4. The van der Waals surface area contributed by atoms with E-state index in [1.807, 2.05) is 30.3 Å². The number of carbonyl (C=O) groups excluding carboxylic acids is 1. The Morgan fingerprint density at radius 1 is 1.29 bits per heavy atom. The summed E-state index contributed by atoms with van der Waals surface area (Å²) in [5.41, 5.74) is 1.27. The molecule has 1 heterocycles. The molecule has 6 nitrogen and oxygen atoms in total. The monoisotopic (exact) mass is 288 g/mol. The number of oxazole rings is 1. The van der Waals surface area contributed by atoms with Gasteiger partial charge in [-0.1, -0.05) is 18.2 Å². The van der Waals surface area contributed by atoms with Crippen LogP contribution in [0.2, 0.25) is 0 Å². The van der Waals surface area contributed by atoms with Crippen LogP contribution in [0.25, 0.3) is 11.5 Å². The molecule has 2 aromatic rings. The van der Waals surface area contributed by atoms with Crippen molar-refractivity contribution in [3.8, 4) is 11.5 Å². The highest BCUT2D eigenvalue weighted by Crippen LogP contribution is 2.22. The van der Waals surface area contributed by atoms with Gasteiger partial charge in [0.2, 0.25) is 11.7 Å². The molecule has 0 saturated carbocycles. The molecule has 0 fully saturated rings. The summed E-state index contributed by atoms with van der Waals surface area (Å²) in [5, 5.41) is 8.65. The molecule has 2 rings (SSSR count). The predicted molar refractivity (Wildman–Crippen MR) is 75.9 cm³/mol. The smallest absolute Gasteiger partial charge is 0.305 e. The van der Waals surface area contributed by atoms with E-state index in [1.54, 1.807) is 6.92 Å². The fourth-order valence-electron chi connectivity index (χ4n) is 1.84. The van der Waals surface area contributed by atoms with Crippen LogP contribution >= 0.6 is 0 Å². The van der Waals surface area contributed by atoms with Crippen molar-refractivity contribution in [2.24, 2.45) is 0 Å². The van der Waals surface area contributed by atoms with Crippen LogP contribution in [0.4, 0.5) is 0 Å². The third-order valence-corrected chi connectivity index (χ3v) is 3.02. The maximum absolute atomic E-state index is 12.2. The van der Waals surface area contributed by atoms with Crippen molar-refractivity contribution in [2.75, 3.05) is 13.6 Å². The Morgan fingerprint density at radius 3 is 2.57 bits per heavy atom. The number of carboxylic acid groups (broad SMARTS) is 1. The molecule has 110 valence electrons. The van der Waals surface area contributed by atoms with Gasteiger partial charge >= 0.3 is 5.97 Å². The van der Waals surface area contributed by atoms with E-state index in [0.29, 0.717) is 11.6 Å². The highest BCUT2D eigenvalue weighted by atomic mass is 16.4. The van der Waals surface area contributed by atoms with Crippen molar-refractivity contribution >= 4 is 11.9 Å². The first kappa shape index (κ1) is 14.8. The minimum absolute atomic E-state index is 0.110. The number of hydrogen-bond donors (Lipinski definition) is 1. The lowest BCUT2D eigenvalue weighted by Gasteiger charge is -2.14. The van der Waals surface area contributed by atoms with Gasteiger partial charge < -0.3 is 14.4 Å². The van der Waals surface area contributed by atoms with E-state index >= 15 is 0 Å². The van der Waals surface area contributed by atoms with Crippen LogP contribution in [0.15, 0.2) is 34.7 Å². The molecule has 0 saturated heterocycles. The quantitative estimate of drug-likeness (QED) is 0.911. The number of amides is 1. The Kier molecular flexibility index (Phi) is 4.37. The summed E-state index contributed by atoms with van der Waals surface area (Å²) in [5.74, 6) is -0.804. The molecule has 0 bridgehead atoms. The first-order valence-corrected chi connectivity index (χ1v) is 6.49. The predicted octanol–water partition coefficient (Wildman–Crippen LogP) is 2.20. The lowest BCUT2D eigenvalue weighted by molar-refractivity contribution is -0.137. The van der Waals surface area contributed by atoms with Crippen LogP contribution in [0, 0.1) is 6.92 Å². The molecule has 1 aromatic heterocycles. The van der Waals surface area contributed by atoms with Crippen LogP contribution in [0.1, 0.15) is 22.7 Å². The van der Waals surface area contributed by atoms with Crippen molar-refractivity contribution in [1.29, 1.82) is 0 Å². The molecular formula is C15H16N2O4. The summed E-state index contributed by atoms with van der Waals surface area (Å²) in [6.45, 7) is 1.81. The summed E-state index contributed by atoms with van der Waals surface area (Å²) in [7, 11) is 1.54. The highest BCUT2D eigenvalue weighted by molar-refractivity contribution is 5.92. The second-order valence-corrected chi connectivity index (χ2v) is 4.67. The Morgan fingerprint density at radius 2 is 1.95 bits per heavy atom. The van der Waals surface area contributed by atoms with Crippen molar-refractivity contribution < 1.29 is 19.1 Å². The first-order valence-electron chi connectivity index (χ1n) is 6.49. The van der Waals surface area contributed by atoms with E-state index in [0.717, 1.165) is 5.56 Å². The fourth-order valence-corrected chi connectivity index (χ4v) is 1.84. The van der Waals surface area contributed by atoms with Gasteiger partial charge in [-0.25, -0.2) is 4.98 Å². The number of aryl methyl sites for hydroxylation is 1. The SMILES string of the molecule is Cc1nc(-c2ccccc2)oc1C(=O)N(C)CCC(=O)O. The van der Waals surface area contributed by atoms with Crippen molar-refractivity contribution in [3.63, 3.8) is 0 Å². The summed E-state index contributed by atoms with van der Waals surface area (Å²) in [4.78, 5) is 28.3. The summed E-state index contributed by atoms with van der Waals surface area (Å²) in [6.07, 6.45) is -0.110. The topological polar surface area (TPSA) is 83.6 Å². The minimum atomic E-state index is -0.950. The van der Waals surface area contributed by atoms with E-state index in [4.69, 9.17) is 9.52 Å². The largest absolute Gasteiger partial charge is 0.481 e. The van der Waals surface area contributed by atoms with E-state index < -0.39 is 5.97 Å². The van der Waals surface area contributed by atoms with Gasteiger partial charge in [0.15, 0.2) is 0 Å². The maximum Gasteiger partial charge on any atom is 0.305 e. The Labute approximate surface area is 122 Å². The Bertz CT molecular complexity index is 649. The molecule has 1 amide bonds. The van der Waals surface area contributed by atoms with E-state index in [1.165, 1.54) is 11.9 Å². The zero-order valence-electron chi connectivity index (χ0n) is 11.9. The molecule has 1 N–H and O–H groups in total. The summed E-state index contributed by atoms with van der Waals surface area (Å²) >= 11 is 0. The first-order chi connectivity index (χ1) is 9.99. The molecule has 0 unspecified atom stereocenters. The van der Waals surface area contributed by atoms with Crippen LogP contribution in [-0.2, 0) is 4.79 Å². The lowest BCUT2D eigenvalue weighted by Crippen LogP contribution is -2.29. The number of aromatic nitrogens is 1. The molecule has 0 aliphatic rings. The number of rotatable bonds is 5. The lowest BCUT2D eigenvalue weighted by atomic mass is 10.2. The normalized spacial score (nSPS) is 10.4. The highest BCUT2D eigenvalue weighted by Gasteiger charge is 2.21. The van der Waals surface area contributed by atoms with Gasteiger partial charge in [0.1, 0.15) is 0 Å². The number of hydrogen-bond acceptors (Lipinski definition) is 4. The number of nitrogens with zero attached hydrogens (tertiary/aromatic N) is 2. The average molecular weight is 288 g/mol. The summed E-state index contributed by atoms with van der Waals surface area (Å²) < 4.78 is 5.54. The van der Waals surface area contributed by atoms with E-state index in [-0.39, 0.29) is 24.6 Å². The van der Waals surface area contributed by atoms with Crippen molar-refractivity contribution in [3.05, 3.63) is 41.8 Å². The van der Waals surface area contributed by atoms with Gasteiger partial charge in [0.25, 0.3) is 5.91 Å². The zero-order valence-corrected chi connectivity index (χ0v) is 11.9. The van der Waals surface area contributed by atoms with Crippen LogP contribution in [-0.4, -0.2) is 40.5 Å². The third-order valence-electron chi connectivity index (χ3n) is 3.02. The van der Waals surface area contributed by atoms with Crippen LogP contribution in [0.5, 0.6) is 0 Å². The van der Waals surface area contributed by atoms with Gasteiger partial charge in [-0.2, -0.15) is 0 Å². The second kappa shape index (κ2) is 6.21. The van der Waals surface area contributed by atoms with Gasteiger partial charge in [0, 0.05) is 19.2 Å². The molecule has 0 atom stereocenters. The van der Waals surface area contributed by atoms with Crippen molar-refractivity contribution in [1.82, 2.24) is 9.88 Å². The number of aliphatic carboxylic acids is 1. The number of carbonyl (C=O) groups is 2. The molecular weight excluding hydrogens is 272 g/mol. The van der Waals surface area contributed by atoms with Gasteiger partial charge in [0.05, 0.1) is 12.1 Å². The molecule has 0 aliphatic carbocycles. The standard InChI is InChI=1S/C15H16N2O4/c1-10-13(15(20)17(2)9-8-12(18)19)21-14(16-10)11-6-4-3-5-7-11/h3-7H,8-9H2,1-2H3,(H,18,19). The van der Waals surface area contributed by atoms with Crippen molar-refractivity contribution in [2.45, 2.75) is 13.3 Å². The second-order valence-electron chi connectivity index (χ2n) is 4.67. The summed E-state index contributed by atoms with van der Waals surface area (Å²) in [6, 6.07) is 9.27. The number of carboxylic acids is 1. The molecule has 1 aromatic carbocycles. The molecule has 0 aliphatic heterocycles. The molecule has 0 radical (unpaired) electrons. The van der Waals surface area contributed by atoms with Crippen LogP contribution < -0.4 is 0 Å². The van der Waals surface area contributed by atoms with Gasteiger partial charge in [-0.3, -0.25) is 9.59 Å². The Balaban J connectivity index is 2.19. The number of benzene rings is 1. The third kappa shape index (κ3) is 3.47. The van der Waals surface area contributed by atoms with E-state index in [9.17, 15) is 9.59 Å². The van der Waals surface area contributed by atoms with E-state index in [2.05, 4.69) is 4.98 Å². The van der Waals surface area contributed by atoms with Gasteiger partial charge in [-0.05, 0) is 19.1 Å². The van der Waals surface area contributed by atoms with Crippen LogP contribution in [0.3, 0.4) is 0 Å². The Hall–Kier alpha value is -2.63. The molecule has 21 heavy (non-hydrogen) atoms. The fraction of sp³-hybridized carbons (Fsp3) is 0.267. The average Bonchev–Trinajstić information content (AvgIpc) is 2.86. The van der Waals surface area contributed by atoms with Gasteiger partial charge in [-0.15, -0.1) is 0 Å². The minimum Gasteiger partial charge on any atom is -0.481 e. The molecule has 6 heteroatoms.